The molecule has 0 saturated carbocycles. The highest BCUT2D eigenvalue weighted by molar-refractivity contribution is 5.86. The first kappa shape index (κ1) is 22.9. The number of benzene rings is 1. The van der Waals surface area contributed by atoms with E-state index >= 15 is 0 Å². The Hall–Kier alpha value is -2.92. The number of fused-ring (bicyclic) bond motifs is 1. The van der Waals surface area contributed by atoms with Crippen LogP contribution >= 0.6 is 0 Å². The molecular weight excluding hydrogens is 418 g/mol. The van der Waals surface area contributed by atoms with Gasteiger partial charge in [0.05, 0.1) is 0 Å². The van der Waals surface area contributed by atoms with Crippen LogP contribution in [0.4, 0.5) is 11.6 Å². The summed E-state index contributed by atoms with van der Waals surface area (Å²) in [5, 5.41) is 5.79. The van der Waals surface area contributed by atoms with E-state index in [1.165, 1.54) is 36.9 Å². The third kappa shape index (κ3) is 4.54. The van der Waals surface area contributed by atoms with E-state index in [0.717, 1.165) is 41.4 Å². The minimum Gasteiger partial charge on any atom is -0.355 e. The zero-order valence-electron chi connectivity index (χ0n) is 21.0. The maximum absolute atomic E-state index is 4.66. The van der Waals surface area contributed by atoms with Crippen molar-refractivity contribution in [2.75, 3.05) is 43.4 Å². The number of nitrogens with zero attached hydrogens (tertiary/aromatic N) is 4. The topological polar surface area (TPSA) is 44.3 Å². The molecule has 2 aliphatic rings. The predicted octanol–water partition coefficient (Wildman–Crippen LogP) is 6.00. The van der Waals surface area contributed by atoms with E-state index in [4.69, 9.17) is 0 Å². The summed E-state index contributed by atoms with van der Waals surface area (Å²) in [7, 11) is 2.22. The van der Waals surface area contributed by atoms with Crippen LogP contribution in [0.15, 0.2) is 55.4 Å². The summed E-state index contributed by atoms with van der Waals surface area (Å²) in [4.78, 5) is 14.1. The van der Waals surface area contributed by atoms with E-state index in [1.807, 2.05) is 18.5 Å². The molecule has 5 nitrogen and oxygen atoms in total. The Morgan fingerprint density at radius 2 is 1.76 bits per heavy atom. The lowest BCUT2D eigenvalue weighted by Gasteiger charge is -2.54. The largest absolute Gasteiger partial charge is 0.355 e. The number of nitrogens with one attached hydrogen (secondary N) is 1. The molecule has 3 aromatic rings. The zero-order chi connectivity index (χ0) is 23.9. The van der Waals surface area contributed by atoms with Gasteiger partial charge in [-0.25, -0.2) is 9.97 Å². The molecule has 1 spiro atoms. The first-order valence-corrected chi connectivity index (χ1v) is 12.6. The van der Waals surface area contributed by atoms with E-state index in [2.05, 4.69) is 89.8 Å². The average Bonchev–Trinajstić information content (AvgIpc) is 2.82. The minimum atomic E-state index is 0.486. The Morgan fingerprint density at radius 1 is 1.00 bits per heavy atom. The fourth-order valence-electron chi connectivity index (χ4n) is 5.24. The van der Waals surface area contributed by atoms with Gasteiger partial charge in [0.2, 0.25) is 0 Å². The predicted molar refractivity (Wildman–Crippen MR) is 143 cm³/mol. The molecule has 2 saturated heterocycles. The molecule has 0 aliphatic carbocycles. The molecule has 1 N–H and O–H groups in total. The molecule has 2 aliphatic heterocycles. The van der Waals surface area contributed by atoms with Crippen LogP contribution in [0.3, 0.4) is 0 Å². The molecule has 2 fully saturated rings. The number of aromatic nitrogens is 2. The minimum absolute atomic E-state index is 0.486. The molecule has 1 atom stereocenters. The van der Waals surface area contributed by atoms with Crippen LogP contribution in [0, 0.1) is 11.3 Å². The maximum atomic E-state index is 4.66. The van der Waals surface area contributed by atoms with Crippen LogP contribution in [-0.4, -0.2) is 48.1 Å². The standard InChI is InChI=1S/C29H37N5/c1-20(2)21(3)23-6-7-25-17-31-27(15-26(25)14-23)32-22(4)24-8-11-30-28(16-24)34-18-29(19-34)9-12-33(5)13-10-29/h6-8,11,14-17,20-21H,4,9-10,12-13,18-19H2,1-3,5H3,(H,31,32). The van der Waals surface area contributed by atoms with Crippen molar-refractivity contribution in [2.45, 2.75) is 39.5 Å². The van der Waals surface area contributed by atoms with Crippen LogP contribution < -0.4 is 10.2 Å². The smallest absolute Gasteiger partial charge is 0.130 e. The molecule has 0 bridgehead atoms. The summed E-state index contributed by atoms with van der Waals surface area (Å²) in [5.74, 6) is 3.00. The Kier molecular flexibility index (Phi) is 6.07. The summed E-state index contributed by atoms with van der Waals surface area (Å²) < 4.78 is 0. The Bertz CT molecular complexity index is 1180. The van der Waals surface area contributed by atoms with Gasteiger partial charge in [0.1, 0.15) is 11.6 Å². The fraction of sp³-hybridized carbons (Fsp3) is 0.448. The van der Waals surface area contributed by atoms with Crippen molar-refractivity contribution in [3.8, 4) is 0 Å². The normalized spacial score (nSPS) is 18.8. The second-order valence-corrected chi connectivity index (χ2v) is 10.9. The van der Waals surface area contributed by atoms with Gasteiger partial charge in [0, 0.05) is 47.5 Å². The number of hydrogen-bond donors (Lipinski definition) is 1. The summed E-state index contributed by atoms with van der Waals surface area (Å²) in [6.45, 7) is 15.8. The van der Waals surface area contributed by atoms with Gasteiger partial charge in [0.15, 0.2) is 0 Å². The molecule has 5 rings (SSSR count). The van der Waals surface area contributed by atoms with Gasteiger partial charge >= 0.3 is 0 Å². The first-order valence-electron chi connectivity index (χ1n) is 12.6. The van der Waals surface area contributed by atoms with E-state index in [1.54, 1.807) is 0 Å². The van der Waals surface area contributed by atoms with Crippen molar-refractivity contribution < 1.29 is 0 Å². The van der Waals surface area contributed by atoms with Gasteiger partial charge in [-0.05, 0) is 74.0 Å². The van der Waals surface area contributed by atoms with Crippen LogP contribution in [0.1, 0.15) is 50.7 Å². The number of piperidine rings is 1. The van der Waals surface area contributed by atoms with Gasteiger partial charge in [0.25, 0.3) is 0 Å². The molecular formula is C29H37N5. The Morgan fingerprint density at radius 3 is 2.50 bits per heavy atom. The SMILES string of the molecule is C=C(Nc1cc2cc(C(C)C(C)C)ccc2cn1)c1ccnc(N2CC3(CCN(C)CC3)C2)c1. The van der Waals surface area contributed by atoms with E-state index < -0.39 is 0 Å². The maximum Gasteiger partial charge on any atom is 0.130 e. The third-order valence-corrected chi connectivity index (χ3v) is 8.07. The van der Waals surface area contributed by atoms with Gasteiger partial charge in [-0.2, -0.15) is 0 Å². The van der Waals surface area contributed by atoms with Crippen molar-refractivity contribution in [3.05, 3.63) is 66.5 Å². The molecule has 178 valence electrons. The van der Waals surface area contributed by atoms with Crippen LogP contribution in [-0.2, 0) is 0 Å². The number of anilines is 2. The lowest BCUT2D eigenvalue weighted by Crippen LogP contribution is -2.60. The molecule has 1 aromatic carbocycles. The lowest BCUT2D eigenvalue weighted by molar-refractivity contribution is 0.0900. The highest BCUT2D eigenvalue weighted by Crippen LogP contribution is 2.42. The number of pyridine rings is 2. The molecule has 1 unspecified atom stereocenters. The second kappa shape index (κ2) is 9.03. The van der Waals surface area contributed by atoms with Crippen molar-refractivity contribution in [1.82, 2.24) is 14.9 Å². The van der Waals surface area contributed by atoms with Crippen molar-refractivity contribution in [2.24, 2.45) is 11.3 Å². The van der Waals surface area contributed by atoms with Crippen LogP contribution in [0.2, 0.25) is 0 Å². The average molecular weight is 456 g/mol. The summed E-state index contributed by atoms with van der Waals surface area (Å²) in [6, 6.07) is 13.0. The van der Waals surface area contributed by atoms with Crippen molar-refractivity contribution in [1.29, 1.82) is 0 Å². The summed E-state index contributed by atoms with van der Waals surface area (Å²) >= 11 is 0. The van der Waals surface area contributed by atoms with Gasteiger partial charge in [-0.1, -0.05) is 45.5 Å². The lowest BCUT2D eigenvalue weighted by atomic mass is 9.72. The zero-order valence-corrected chi connectivity index (χ0v) is 21.0. The summed E-state index contributed by atoms with van der Waals surface area (Å²) in [5.41, 5.74) is 3.75. The van der Waals surface area contributed by atoms with E-state index in [0.29, 0.717) is 17.3 Å². The van der Waals surface area contributed by atoms with Crippen molar-refractivity contribution >= 4 is 28.1 Å². The fourth-order valence-corrected chi connectivity index (χ4v) is 5.24. The number of rotatable bonds is 6. The molecule has 34 heavy (non-hydrogen) atoms. The molecule has 2 aromatic heterocycles. The monoisotopic (exact) mass is 455 g/mol. The third-order valence-electron chi connectivity index (χ3n) is 8.07. The number of hydrogen-bond acceptors (Lipinski definition) is 5. The van der Waals surface area contributed by atoms with Gasteiger partial charge in [-0.15, -0.1) is 0 Å². The van der Waals surface area contributed by atoms with Gasteiger partial charge < -0.3 is 15.1 Å². The molecule has 4 heterocycles. The Labute approximate surface area is 203 Å². The molecule has 5 heteroatoms. The van der Waals surface area contributed by atoms with Crippen LogP contribution in [0.5, 0.6) is 0 Å². The second-order valence-electron chi connectivity index (χ2n) is 10.9. The highest BCUT2D eigenvalue weighted by Gasteiger charge is 2.44. The molecule has 0 amide bonds. The van der Waals surface area contributed by atoms with Gasteiger partial charge in [-0.3, -0.25) is 0 Å². The number of likely N-dealkylation sites (tertiary alicyclic amines) is 1. The molecule has 0 radical (unpaired) electrons. The Balaban J connectivity index is 1.28. The van der Waals surface area contributed by atoms with E-state index in [-0.39, 0.29) is 0 Å². The van der Waals surface area contributed by atoms with Crippen LogP contribution in [0.25, 0.3) is 16.5 Å². The van der Waals surface area contributed by atoms with E-state index in [9.17, 15) is 0 Å². The summed E-state index contributed by atoms with van der Waals surface area (Å²) in [6.07, 6.45) is 6.41. The van der Waals surface area contributed by atoms with Crippen molar-refractivity contribution in [3.63, 3.8) is 0 Å². The highest BCUT2D eigenvalue weighted by atomic mass is 15.3. The first-order chi connectivity index (χ1) is 16.3. The quantitative estimate of drug-likeness (QED) is 0.493.